The molecule has 0 amide bonds. The quantitative estimate of drug-likeness (QED) is 0.671. The molecule has 1 heterocycles. The molecule has 0 radical (unpaired) electrons. The van der Waals surface area contributed by atoms with Crippen LogP contribution in [0, 0.1) is 0 Å². The third-order valence-electron chi connectivity index (χ3n) is 4.47. The highest BCUT2D eigenvalue weighted by Gasteiger charge is 2.40. The van der Waals surface area contributed by atoms with Crippen molar-refractivity contribution in [3.05, 3.63) is 34.9 Å². The molecule has 1 aromatic carbocycles. The Labute approximate surface area is 155 Å². The summed E-state index contributed by atoms with van der Waals surface area (Å²) in [5.41, 5.74) is -2.50. The number of benzene rings is 1. The van der Waals surface area contributed by atoms with Gasteiger partial charge in [0.05, 0.1) is 11.1 Å². The number of piperazine rings is 1. The molecular weight excluding hydrogens is 382 g/mol. The lowest BCUT2D eigenvalue weighted by molar-refractivity contribution is -0.143. The van der Waals surface area contributed by atoms with Crippen LogP contribution in [0.2, 0.25) is 0 Å². The van der Waals surface area contributed by atoms with Gasteiger partial charge in [0.2, 0.25) is 0 Å². The van der Waals surface area contributed by atoms with Crippen LogP contribution in [0.15, 0.2) is 18.2 Å². The van der Waals surface area contributed by atoms with E-state index in [0.717, 1.165) is 18.6 Å². The van der Waals surface area contributed by atoms with E-state index in [2.05, 4.69) is 5.32 Å². The second-order valence-electron chi connectivity index (χ2n) is 6.24. The van der Waals surface area contributed by atoms with Crippen molar-refractivity contribution in [3.63, 3.8) is 0 Å². The molecule has 1 aliphatic rings. The molecule has 2 rings (SSSR count). The first-order valence-electron chi connectivity index (χ1n) is 8.37. The number of alkyl halides is 6. The minimum atomic E-state index is -4.82. The van der Waals surface area contributed by atoms with E-state index < -0.39 is 29.5 Å². The van der Waals surface area contributed by atoms with Crippen LogP contribution in [0.1, 0.15) is 48.9 Å². The lowest BCUT2D eigenvalue weighted by atomic mass is 9.92. The van der Waals surface area contributed by atoms with Crippen LogP contribution in [-0.2, 0) is 12.4 Å². The minimum Gasteiger partial charge on any atom is -0.314 e. The molecule has 0 bridgehead atoms. The van der Waals surface area contributed by atoms with Gasteiger partial charge in [0, 0.05) is 32.2 Å². The first kappa shape index (κ1) is 23.0. The summed E-state index contributed by atoms with van der Waals surface area (Å²) in [6.07, 6.45) is -7.61. The minimum absolute atomic E-state index is 0. The van der Waals surface area contributed by atoms with Crippen molar-refractivity contribution in [1.82, 2.24) is 10.2 Å². The third-order valence-corrected chi connectivity index (χ3v) is 4.47. The van der Waals surface area contributed by atoms with Gasteiger partial charge in [0.1, 0.15) is 0 Å². The summed E-state index contributed by atoms with van der Waals surface area (Å²) in [5, 5.41) is 3.14. The smallest absolute Gasteiger partial charge is 0.314 e. The van der Waals surface area contributed by atoms with Gasteiger partial charge in [-0.1, -0.05) is 25.8 Å². The van der Waals surface area contributed by atoms with Crippen LogP contribution >= 0.6 is 12.4 Å². The lowest BCUT2D eigenvalue weighted by Gasteiger charge is -2.36. The van der Waals surface area contributed by atoms with Crippen LogP contribution in [0.5, 0.6) is 0 Å². The topological polar surface area (TPSA) is 15.3 Å². The average molecular weight is 405 g/mol. The van der Waals surface area contributed by atoms with Gasteiger partial charge in [-0.05, 0) is 24.1 Å². The predicted octanol–water partition coefficient (Wildman–Crippen LogP) is 5.28. The Hall–Kier alpha value is -0.990. The highest BCUT2D eigenvalue weighted by atomic mass is 35.5. The maximum absolute atomic E-state index is 13.5. The molecule has 1 N–H and O–H groups in total. The Morgan fingerprint density at radius 1 is 1.04 bits per heavy atom. The average Bonchev–Trinajstić information content (AvgIpc) is 2.54. The third kappa shape index (κ3) is 5.76. The summed E-state index contributed by atoms with van der Waals surface area (Å²) in [7, 11) is 0. The van der Waals surface area contributed by atoms with Crippen LogP contribution in [0.4, 0.5) is 26.3 Å². The van der Waals surface area contributed by atoms with Crippen LogP contribution < -0.4 is 5.32 Å². The largest absolute Gasteiger partial charge is 0.416 e. The van der Waals surface area contributed by atoms with Gasteiger partial charge < -0.3 is 5.32 Å². The molecule has 0 aliphatic carbocycles. The van der Waals surface area contributed by atoms with E-state index in [4.69, 9.17) is 0 Å². The van der Waals surface area contributed by atoms with E-state index in [1.54, 1.807) is 0 Å². The molecule has 1 fully saturated rings. The first-order chi connectivity index (χ1) is 11.6. The van der Waals surface area contributed by atoms with Crippen molar-refractivity contribution in [2.75, 3.05) is 26.2 Å². The molecule has 0 spiro atoms. The summed E-state index contributed by atoms with van der Waals surface area (Å²) < 4.78 is 79.0. The zero-order valence-electron chi connectivity index (χ0n) is 14.4. The second kappa shape index (κ2) is 9.28. The fourth-order valence-corrected chi connectivity index (χ4v) is 3.19. The summed E-state index contributed by atoms with van der Waals surface area (Å²) in [6, 6.07) is 1.48. The second-order valence-corrected chi connectivity index (χ2v) is 6.24. The maximum Gasteiger partial charge on any atom is 0.416 e. The molecule has 1 atom stereocenters. The summed E-state index contributed by atoms with van der Waals surface area (Å²) >= 11 is 0. The predicted molar refractivity (Wildman–Crippen MR) is 90.4 cm³/mol. The van der Waals surface area contributed by atoms with E-state index in [1.165, 1.54) is 0 Å². The van der Waals surface area contributed by atoms with Gasteiger partial charge in [0.15, 0.2) is 0 Å². The van der Waals surface area contributed by atoms with E-state index in [0.29, 0.717) is 39.0 Å². The standard InChI is InChI=1S/C17H22F6N2.ClH/c1-2-3-4-15(25-9-7-24-8-10-25)13-6-5-12(16(18,19)20)11-14(13)17(21,22)23;/h5-6,11,15,24H,2-4,7-10H2,1H3;1H/t15-;/m0./s1. The molecular formula is C17H23ClF6N2. The monoisotopic (exact) mass is 404 g/mol. The number of hydrogen-bond acceptors (Lipinski definition) is 2. The van der Waals surface area contributed by atoms with E-state index in [-0.39, 0.29) is 24.0 Å². The Bertz CT molecular complexity index is 567. The SMILES string of the molecule is CCCC[C@@H](c1ccc(C(F)(F)F)cc1C(F)(F)F)N1CCNCC1.Cl. The van der Waals surface area contributed by atoms with E-state index >= 15 is 0 Å². The molecule has 9 heteroatoms. The van der Waals surface area contributed by atoms with Crippen molar-refractivity contribution in [2.45, 2.75) is 44.6 Å². The van der Waals surface area contributed by atoms with Gasteiger partial charge in [-0.3, -0.25) is 4.90 Å². The Morgan fingerprint density at radius 2 is 1.65 bits per heavy atom. The maximum atomic E-state index is 13.5. The zero-order chi connectivity index (χ0) is 18.7. The van der Waals surface area contributed by atoms with E-state index in [1.807, 2.05) is 11.8 Å². The van der Waals surface area contributed by atoms with Gasteiger partial charge in [-0.25, -0.2) is 0 Å². The van der Waals surface area contributed by atoms with Crippen molar-refractivity contribution < 1.29 is 26.3 Å². The van der Waals surface area contributed by atoms with Crippen molar-refractivity contribution in [1.29, 1.82) is 0 Å². The summed E-state index contributed by atoms with van der Waals surface area (Å²) in [6.45, 7) is 4.40. The van der Waals surface area contributed by atoms with Gasteiger partial charge in [-0.15, -0.1) is 12.4 Å². The molecule has 2 nitrogen and oxygen atoms in total. The Balaban J connectivity index is 0.00000338. The van der Waals surface area contributed by atoms with Crippen molar-refractivity contribution >= 4 is 12.4 Å². The van der Waals surface area contributed by atoms with Crippen molar-refractivity contribution in [2.24, 2.45) is 0 Å². The summed E-state index contributed by atoms with van der Waals surface area (Å²) in [5.74, 6) is 0. The summed E-state index contributed by atoms with van der Waals surface area (Å²) in [4.78, 5) is 1.93. The lowest BCUT2D eigenvalue weighted by Crippen LogP contribution is -2.45. The number of rotatable bonds is 5. The molecule has 1 aromatic rings. The van der Waals surface area contributed by atoms with Crippen LogP contribution in [0.3, 0.4) is 0 Å². The zero-order valence-corrected chi connectivity index (χ0v) is 15.2. The molecule has 1 aliphatic heterocycles. The van der Waals surface area contributed by atoms with Crippen LogP contribution in [0.25, 0.3) is 0 Å². The fraction of sp³-hybridized carbons (Fsp3) is 0.647. The Kier molecular flexibility index (Phi) is 8.23. The first-order valence-corrected chi connectivity index (χ1v) is 8.37. The molecule has 1 saturated heterocycles. The highest BCUT2D eigenvalue weighted by Crippen LogP contribution is 2.41. The van der Waals surface area contributed by atoms with Gasteiger partial charge in [0.25, 0.3) is 0 Å². The molecule has 0 saturated carbocycles. The van der Waals surface area contributed by atoms with E-state index in [9.17, 15) is 26.3 Å². The fourth-order valence-electron chi connectivity index (χ4n) is 3.19. The Morgan fingerprint density at radius 3 is 2.15 bits per heavy atom. The number of hydrogen-bond donors (Lipinski definition) is 1. The van der Waals surface area contributed by atoms with Gasteiger partial charge in [-0.2, -0.15) is 26.3 Å². The van der Waals surface area contributed by atoms with Crippen LogP contribution in [-0.4, -0.2) is 31.1 Å². The number of nitrogens with one attached hydrogen (secondary N) is 1. The molecule has 150 valence electrons. The molecule has 26 heavy (non-hydrogen) atoms. The van der Waals surface area contributed by atoms with Crippen molar-refractivity contribution in [3.8, 4) is 0 Å². The van der Waals surface area contributed by atoms with Gasteiger partial charge >= 0.3 is 12.4 Å². The number of unbranched alkanes of at least 4 members (excludes halogenated alkanes) is 1. The number of nitrogens with zero attached hydrogens (tertiary/aromatic N) is 1. The number of halogens is 7. The molecule has 0 unspecified atom stereocenters. The highest BCUT2D eigenvalue weighted by molar-refractivity contribution is 5.85. The normalized spacial score (nSPS) is 17.7. The molecule has 0 aromatic heterocycles.